The molecular weight excluding hydrogens is 288 g/mol. The Balaban J connectivity index is 1.98. The lowest BCUT2D eigenvalue weighted by molar-refractivity contribution is -0.160. The molecule has 0 aromatic rings. The van der Waals surface area contributed by atoms with Gasteiger partial charge >= 0.3 is 12.1 Å². The van der Waals surface area contributed by atoms with Crippen LogP contribution < -0.4 is 5.32 Å². The molecule has 0 radical (unpaired) electrons. The Morgan fingerprint density at radius 1 is 1.18 bits per heavy atom. The van der Waals surface area contributed by atoms with E-state index in [4.69, 9.17) is 9.47 Å². The predicted molar refractivity (Wildman–Crippen MR) is 78.0 cm³/mol. The lowest BCUT2D eigenvalue weighted by Crippen LogP contribution is -2.61. The van der Waals surface area contributed by atoms with Gasteiger partial charge in [-0.15, -0.1) is 0 Å². The molecule has 2 aliphatic rings. The summed E-state index contributed by atoms with van der Waals surface area (Å²) in [5, 5.41) is 2.66. The minimum absolute atomic E-state index is 0.124. The Hall–Kier alpha value is -1.79. The molecule has 1 saturated carbocycles. The van der Waals surface area contributed by atoms with E-state index in [1.54, 1.807) is 20.8 Å². The van der Waals surface area contributed by atoms with Crippen molar-refractivity contribution in [3.05, 3.63) is 0 Å². The molecule has 2 fully saturated rings. The molecule has 1 aliphatic heterocycles. The summed E-state index contributed by atoms with van der Waals surface area (Å²) in [7, 11) is 1.31. The van der Waals surface area contributed by atoms with Crippen LogP contribution in [0.15, 0.2) is 0 Å². The number of amides is 2. The summed E-state index contributed by atoms with van der Waals surface area (Å²) in [6, 6.07) is -1.15. The Kier molecular flexibility index (Phi) is 4.63. The molecule has 2 amide bonds. The quantitative estimate of drug-likeness (QED) is 0.785. The molecule has 22 heavy (non-hydrogen) atoms. The minimum atomic E-state index is -0.623. The van der Waals surface area contributed by atoms with Crippen LogP contribution in [0, 0.1) is 5.92 Å². The van der Waals surface area contributed by atoms with Crippen LogP contribution in [-0.2, 0) is 19.1 Å². The van der Waals surface area contributed by atoms with E-state index in [2.05, 4.69) is 5.32 Å². The largest absolute Gasteiger partial charge is 0.467 e. The molecule has 1 N–H and O–H groups in total. The van der Waals surface area contributed by atoms with Crippen LogP contribution in [0.3, 0.4) is 0 Å². The zero-order valence-electron chi connectivity index (χ0n) is 13.5. The van der Waals surface area contributed by atoms with Gasteiger partial charge in [0, 0.05) is 6.54 Å². The molecule has 1 saturated heterocycles. The van der Waals surface area contributed by atoms with Crippen molar-refractivity contribution in [2.45, 2.75) is 57.7 Å². The van der Waals surface area contributed by atoms with Crippen molar-refractivity contribution in [1.29, 1.82) is 0 Å². The van der Waals surface area contributed by atoms with E-state index in [0.717, 1.165) is 12.8 Å². The van der Waals surface area contributed by atoms with E-state index in [1.807, 2.05) is 0 Å². The number of esters is 1. The van der Waals surface area contributed by atoms with E-state index in [-0.39, 0.29) is 11.8 Å². The summed E-state index contributed by atoms with van der Waals surface area (Å²) in [5.41, 5.74) is -0.619. The zero-order valence-corrected chi connectivity index (χ0v) is 13.5. The molecule has 1 aliphatic carbocycles. The van der Waals surface area contributed by atoms with Gasteiger partial charge in [-0.25, -0.2) is 9.59 Å². The van der Waals surface area contributed by atoms with Gasteiger partial charge in [0.1, 0.15) is 17.7 Å². The maximum Gasteiger partial charge on any atom is 0.408 e. The number of hydrogen-bond donors (Lipinski definition) is 1. The first-order valence-electron chi connectivity index (χ1n) is 7.61. The third-order valence-corrected chi connectivity index (χ3v) is 3.81. The number of nitrogens with zero attached hydrogens (tertiary/aromatic N) is 1. The number of ether oxygens (including phenoxy) is 2. The fourth-order valence-corrected chi connectivity index (χ4v) is 2.46. The van der Waals surface area contributed by atoms with E-state index in [9.17, 15) is 14.4 Å². The van der Waals surface area contributed by atoms with Gasteiger partial charge in [0.05, 0.1) is 7.11 Å². The third kappa shape index (κ3) is 3.90. The second kappa shape index (κ2) is 6.14. The number of carbonyl (C=O) groups excluding carboxylic acids is 3. The van der Waals surface area contributed by atoms with Gasteiger partial charge in [0.15, 0.2) is 0 Å². The summed E-state index contributed by atoms with van der Waals surface area (Å²) in [4.78, 5) is 37.6. The molecule has 7 nitrogen and oxygen atoms in total. The van der Waals surface area contributed by atoms with Gasteiger partial charge in [-0.05, 0) is 46.0 Å². The van der Waals surface area contributed by atoms with E-state index >= 15 is 0 Å². The number of nitrogens with one attached hydrogen (secondary N) is 1. The van der Waals surface area contributed by atoms with Gasteiger partial charge < -0.3 is 19.7 Å². The average Bonchev–Trinajstić information content (AvgIpc) is 3.16. The van der Waals surface area contributed by atoms with E-state index < -0.39 is 29.7 Å². The zero-order chi connectivity index (χ0) is 16.5. The summed E-state index contributed by atoms with van der Waals surface area (Å²) < 4.78 is 9.90. The third-order valence-electron chi connectivity index (χ3n) is 3.81. The summed E-state index contributed by atoms with van der Waals surface area (Å²) >= 11 is 0. The van der Waals surface area contributed by atoms with Crippen LogP contribution in [0.1, 0.15) is 40.0 Å². The first-order valence-corrected chi connectivity index (χ1v) is 7.61. The van der Waals surface area contributed by atoms with Crippen molar-refractivity contribution >= 4 is 18.0 Å². The van der Waals surface area contributed by atoms with Crippen molar-refractivity contribution < 1.29 is 23.9 Å². The summed E-state index contributed by atoms with van der Waals surface area (Å²) in [5.74, 6) is -0.514. The monoisotopic (exact) mass is 312 g/mol. The lowest BCUT2D eigenvalue weighted by Gasteiger charge is -2.40. The highest BCUT2D eigenvalue weighted by molar-refractivity contribution is 5.91. The Bertz CT molecular complexity index is 467. The highest BCUT2D eigenvalue weighted by Crippen LogP contribution is 2.35. The fraction of sp³-hybridized carbons (Fsp3) is 0.800. The molecule has 0 spiro atoms. The number of hydrogen-bond acceptors (Lipinski definition) is 5. The molecule has 2 rings (SSSR count). The molecule has 0 aromatic carbocycles. The number of carbonyl (C=O) groups is 3. The maximum absolute atomic E-state index is 12.6. The first kappa shape index (κ1) is 16.6. The molecular formula is C15H24N2O5. The van der Waals surface area contributed by atoms with Crippen molar-refractivity contribution in [2.24, 2.45) is 5.92 Å². The Labute approximate surface area is 130 Å². The van der Waals surface area contributed by atoms with Crippen LogP contribution in [0.2, 0.25) is 0 Å². The lowest BCUT2D eigenvalue weighted by atomic mass is 10.00. The second-order valence-electron chi connectivity index (χ2n) is 6.82. The molecule has 1 heterocycles. The van der Waals surface area contributed by atoms with Crippen LogP contribution in [0.25, 0.3) is 0 Å². The number of methoxy groups -OCH3 is 1. The molecule has 7 heteroatoms. The molecule has 0 unspecified atom stereocenters. The topological polar surface area (TPSA) is 84.9 Å². The van der Waals surface area contributed by atoms with Gasteiger partial charge in [0.25, 0.3) is 0 Å². The SMILES string of the molecule is COC(=O)[C@@H]1CCN1C(=O)[C@H](NC(=O)OC(C)(C)C)C1CC1. The van der Waals surface area contributed by atoms with Crippen LogP contribution >= 0.6 is 0 Å². The Morgan fingerprint density at radius 3 is 2.23 bits per heavy atom. The van der Waals surface area contributed by atoms with Gasteiger partial charge in [-0.2, -0.15) is 0 Å². The summed E-state index contributed by atoms with van der Waals surface area (Å²) in [6.45, 7) is 5.81. The van der Waals surface area contributed by atoms with E-state index in [0.29, 0.717) is 13.0 Å². The number of likely N-dealkylation sites (tertiary alicyclic amines) is 1. The second-order valence-corrected chi connectivity index (χ2v) is 6.82. The standard InChI is InChI=1S/C15H24N2O5/c1-15(2,3)22-14(20)16-11(9-5-6-9)12(18)17-8-7-10(17)13(19)21-4/h9-11H,5-8H2,1-4H3,(H,16,20)/t10-,11+/m0/s1. The average molecular weight is 312 g/mol. The van der Waals surface area contributed by atoms with Crippen LogP contribution in [-0.4, -0.2) is 54.2 Å². The first-order chi connectivity index (χ1) is 10.2. The molecule has 0 aromatic heterocycles. The van der Waals surface area contributed by atoms with E-state index in [1.165, 1.54) is 12.0 Å². The highest BCUT2D eigenvalue weighted by atomic mass is 16.6. The Morgan fingerprint density at radius 2 is 1.82 bits per heavy atom. The molecule has 124 valence electrons. The van der Waals surface area contributed by atoms with Gasteiger partial charge in [-0.1, -0.05) is 0 Å². The normalized spacial score (nSPS) is 22.4. The predicted octanol–water partition coefficient (Wildman–Crippen LogP) is 1.06. The van der Waals surface area contributed by atoms with Crippen molar-refractivity contribution in [2.75, 3.05) is 13.7 Å². The van der Waals surface area contributed by atoms with Crippen LogP contribution in [0.5, 0.6) is 0 Å². The summed E-state index contributed by atoms with van der Waals surface area (Å²) in [6.07, 6.45) is 1.78. The van der Waals surface area contributed by atoms with Gasteiger partial charge in [0.2, 0.25) is 5.91 Å². The number of alkyl carbamates (subject to hydrolysis) is 1. The highest BCUT2D eigenvalue weighted by Gasteiger charge is 2.46. The van der Waals surface area contributed by atoms with Gasteiger partial charge in [-0.3, -0.25) is 4.79 Å². The van der Waals surface area contributed by atoms with Crippen LogP contribution in [0.4, 0.5) is 4.79 Å². The minimum Gasteiger partial charge on any atom is -0.467 e. The van der Waals surface area contributed by atoms with Crippen molar-refractivity contribution in [3.63, 3.8) is 0 Å². The molecule has 2 atom stereocenters. The smallest absolute Gasteiger partial charge is 0.408 e. The fourth-order valence-electron chi connectivity index (χ4n) is 2.46. The number of rotatable bonds is 4. The van der Waals surface area contributed by atoms with Crippen molar-refractivity contribution in [3.8, 4) is 0 Å². The molecule has 0 bridgehead atoms. The maximum atomic E-state index is 12.6. The van der Waals surface area contributed by atoms with Crippen molar-refractivity contribution in [1.82, 2.24) is 10.2 Å².